The molecule has 0 fully saturated rings. The van der Waals surface area contributed by atoms with Crippen LogP contribution in [-0.2, 0) is 4.79 Å². The number of carbonyl (C=O) groups is 2. The summed E-state index contributed by atoms with van der Waals surface area (Å²) >= 11 is 0. The lowest BCUT2D eigenvalue weighted by molar-refractivity contribution is -0.119. The number of rotatable bonds is 4. The van der Waals surface area contributed by atoms with Crippen molar-refractivity contribution in [3.05, 3.63) is 54.4 Å². The average molecular weight is 257 g/mol. The van der Waals surface area contributed by atoms with Gasteiger partial charge in [0.1, 0.15) is 0 Å². The summed E-state index contributed by atoms with van der Waals surface area (Å²) in [6.07, 6.45) is 3.86. The Labute approximate surface area is 111 Å². The van der Waals surface area contributed by atoms with Gasteiger partial charge in [-0.25, -0.2) is 0 Å². The lowest BCUT2D eigenvalue weighted by Gasteiger charge is -2.06. The highest BCUT2D eigenvalue weighted by atomic mass is 16.2. The Morgan fingerprint density at radius 1 is 1.11 bits per heavy atom. The number of hydrogen-bond acceptors (Lipinski definition) is 2. The molecule has 1 aromatic carbocycles. The van der Waals surface area contributed by atoms with Gasteiger partial charge in [0.05, 0.1) is 6.54 Å². The van der Waals surface area contributed by atoms with Gasteiger partial charge >= 0.3 is 0 Å². The summed E-state index contributed by atoms with van der Waals surface area (Å²) in [4.78, 5) is 22.8. The second kappa shape index (κ2) is 5.86. The second-order valence-electron chi connectivity index (χ2n) is 3.99. The molecule has 2 rings (SSSR count). The molecule has 1 aromatic heterocycles. The van der Waals surface area contributed by atoms with E-state index in [9.17, 15) is 9.59 Å². The van der Waals surface area contributed by atoms with Crippen LogP contribution in [0.3, 0.4) is 0 Å². The fourth-order valence-electron chi connectivity index (χ4n) is 1.64. The van der Waals surface area contributed by atoms with Crippen LogP contribution in [0.4, 0.5) is 0 Å². The molecule has 5 nitrogen and oxygen atoms in total. The monoisotopic (exact) mass is 257 g/mol. The Bertz CT molecular complexity index is 559. The van der Waals surface area contributed by atoms with Crippen molar-refractivity contribution in [1.29, 1.82) is 0 Å². The Kier molecular flexibility index (Phi) is 3.97. The molecular weight excluding hydrogens is 242 g/mol. The van der Waals surface area contributed by atoms with E-state index in [0.29, 0.717) is 5.56 Å². The second-order valence-corrected chi connectivity index (χ2v) is 3.99. The zero-order chi connectivity index (χ0) is 13.7. The van der Waals surface area contributed by atoms with Crippen molar-refractivity contribution >= 4 is 11.8 Å². The highest BCUT2D eigenvalue weighted by molar-refractivity contribution is 5.96. The molecule has 0 spiro atoms. The normalized spacial score (nSPS) is 9.95. The number of likely N-dealkylation sites (N-methyl/N-ethyl adjacent to an activating group) is 1. The highest BCUT2D eigenvalue weighted by Crippen LogP contribution is 2.09. The third-order valence-electron chi connectivity index (χ3n) is 2.72. The zero-order valence-corrected chi connectivity index (χ0v) is 10.6. The van der Waals surface area contributed by atoms with Crippen LogP contribution in [0, 0.1) is 0 Å². The first kappa shape index (κ1) is 12.9. The minimum atomic E-state index is -0.261. The molecule has 98 valence electrons. The maximum atomic E-state index is 11.8. The van der Waals surface area contributed by atoms with Gasteiger partial charge in [0.25, 0.3) is 5.91 Å². The van der Waals surface area contributed by atoms with Crippen molar-refractivity contribution in [3.63, 3.8) is 0 Å². The first-order valence-corrected chi connectivity index (χ1v) is 5.93. The minimum absolute atomic E-state index is 0.0192. The number of hydrogen-bond donors (Lipinski definition) is 2. The molecule has 0 saturated heterocycles. The van der Waals surface area contributed by atoms with Gasteiger partial charge in [0.2, 0.25) is 5.91 Å². The van der Waals surface area contributed by atoms with E-state index in [2.05, 4.69) is 10.6 Å². The maximum Gasteiger partial charge on any atom is 0.251 e. The van der Waals surface area contributed by atoms with Crippen LogP contribution in [-0.4, -0.2) is 30.0 Å². The van der Waals surface area contributed by atoms with Gasteiger partial charge in [-0.15, -0.1) is 0 Å². The zero-order valence-electron chi connectivity index (χ0n) is 10.6. The average Bonchev–Trinajstić information content (AvgIpc) is 2.98. The van der Waals surface area contributed by atoms with Crippen LogP contribution in [0.5, 0.6) is 0 Å². The predicted octanol–water partition coefficient (Wildman–Crippen LogP) is 0.953. The summed E-state index contributed by atoms with van der Waals surface area (Å²) in [7, 11) is 1.53. The largest absolute Gasteiger partial charge is 0.358 e. The van der Waals surface area contributed by atoms with Gasteiger partial charge in [0.15, 0.2) is 0 Å². The molecule has 0 aliphatic heterocycles. The Morgan fingerprint density at radius 2 is 1.74 bits per heavy atom. The van der Waals surface area contributed by atoms with E-state index in [4.69, 9.17) is 0 Å². The van der Waals surface area contributed by atoms with Gasteiger partial charge in [-0.05, 0) is 36.4 Å². The molecule has 19 heavy (non-hydrogen) atoms. The Hall–Kier alpha value is -2.56. The summed E-state index contributed by atoms with van der Waals surface area (Å²) in [5.74, 6) is -0.486. The van der Waals surface area contributed by atoms with Gasteiger partial charge in [-0.2, -0.15) is 0 Å². The van der Waals surface area contributed by atoms with Gasteiger partial charge in [-0.3, -0.25) is 9.59 Å². The van der Waals surface area contributed by atoms with Crippen LogP contribution >= 0.6 is 0 Å². The fraction of sp³-hybridized carbons (Fsp3) is 0.143. The Balaban J connectivity index is 2.02. The standard InChI is InChI=1S/C14H15N3O2/c1-15-13(18)10-16-14(19)11-4-6-12(7-5-11)17-8-2-3-9-17/h2-9H,10H2,1H3,(H,15,18)(H,16,19). The first-order chi connectivity index (χ1) is 9.20. The maximum absolute atomic E-state index is 11.8. The summed E-state index contributed by atoms with van der Waals surface area (Å²) < 4.78 is 1.95. The fourth-order valence-corrected chi connectivity index (χ4v) is 1.64. The van der Waals surface area contributed by atoms with Crippen molar-refractivity contribution in [3.8, 4) is 5.69 Å². The number of benzene rings is 1. The van der Waals surface area contributed by atoms with Crippen molar-refractivity contribution in [2.45, 2.75) is 0 Å². The number of aromatic nitrogens is 1. The van der Waals surface area contributed by atoms with Crippen molar-refractivity contribution < 1.29 is 9.59 Å². The van der Waals surface area contributed by atoms with Gasteiger partial charge in [-0.1, -0.05) is 0 Å². The molecule has 2 amide bonds. The summed E-state index contributed by atoms with van der Waals surface area (Å²) in [6.45, 7) is -0.0192. The molecule has 2 aromatic rings. The van der Waals surface area contributed by atoms with Gasteiger partial charge < -0.3 is 15.2 Å². The molecule has 0 atom stereocenters. The topological polar surface area (TPSA) is 63.1 Å². The molecule has 0 unspecified atom stereocenters. The molecule has 0 saturated carbocycles. The quantitative estimate of drug-likeness (QED) is 0.856. The van der Waals surface area contributed by atoms with Crippen molar-refractivity contribution in [1.82, 2.24) is 15.2 Å². The minimum Gasteiger partial charge on any atom is -0.358 e. The summed E-state index contributed by atoms with van der Waals surface area (Å²) in [6, 6.07) is 11.0. The third kappa shape index (κ3) is 3.22. The lowest BCUT2D eigenvalue weighted by Crippen LogP contribution is -2.35. The van der Waals surface area contributed by atoms with E-state index in [1.165, 1.54) is 7.05 Å². The van der Waals surface area contributed by atoms with Crippen molar-refractivity contribution in [2.75, 3.05) is 13.6 Å². The van der Waals surface area contributed by atoms with Gasteiger partial charge in [0, 0.05) is 30.7 Å². The summed E-state index contributed by atoms with van der Waals surface area (Å²) in [5.41, 5.74) is 1.51. The van der Waals surface area contributed by atoms with Crippen LogP contribution in [0.1, 0.15) is 10.4 Å². The van der Waals surface area contributed by atoms with E-state index in [0.717, 1.165) is 5.69 Å². The number of amides is 2. The van der Waals surface area contributed by atoms with E-state index >= 15 is 0 Å². The SMILES string of the molecule is CNC(=O)CNC(=O)c1ccc(-n2cccc2)cc1. The van der Waals surface area contributed by atoms with E-state index < -0.39 is 0 Å². The molecule has 0 bridgehead atoms. The summed E-state index contributed by atoms with van der Waals surface area (Å²) in [5, 5.41) is 4.99. The van der Waals surface area contributed by atoms with Crippen LogP contribution < -0.4 is 10.6 Å². The molecule has 5 heteroatoms. The molecular formula is C14H15N3O2. The van der Waals surface area contributed by atoms with Crippen LogP contribution in [0.25, 0.3) is 5.69 Å². The van der Waals surface area contributed by atoms with E-state index in [1.54, 1.807) is 12.1 Å². The van der Waals surface area contributed by atoms with E-state index in [-0.39, 0.29) is 18.4 Å². The molecule has 0 radical (unpaired) electrons. The van der Waals surface area contributed by atoms with Crippen molar-refractivity contribution in [2.24, 2.45) is 0 Å². The smallest absolute Gasteiger partial charge is 0.251 e. The number of nitrogens with one attached hydrogen (secondary N) is 2. The third-order valence-corrected chi connectivity index (χ3v) is 2.72. The molecule has 2 N–H and O–H groups in total. The molecule has 0 aliphatic rings. The highest BCUT2D eigenvalue weighted by Gasteiger charge is 2.07. The van der Waals surface area contributed by atoms with Crippen LogP contribution in [0.2, 0.25) is 0 Å². The van der Waals surface area contributed by atoms with Crippen LogP contribution in [0.15, 0.2) is 48.8 Å². The lowest BCUT2D eigenvalue weighted by atomic mass is 10.2. The molecule has 1 heterocycles. The predicted molar refractivity (Wildman–Crippen MR) is 72.2 cm³/mol. The number of carbonyl (C=O) groups excluding carboxylic acids is 2. The molecule has 0 aliphatic carbocycles. The van der Waals surface area contributed by atoms with E-state index in [1.807, 2.05) is 41.2 Å². The number of nitrogens with zero attached hydrogens (tertiary/aromatic N) is 1. The Morgan fingerprint density at radius 3 is 2.32 bits per heavy atom. The first-order valence-electron chi connectivity index (χ1n) is 5.93.